The van der Waals surface area contributed by atoms with Crippen LogP contribution >= 0.6 is 0 Å². The average molecular weight is 304 g/mol. The van der Waals surface area contributed by atoms with Crippen molar-refractivity contribution >= 4 is 16.8 Å². The molecule has 6 heteroatoms. The molecule has 0 aromatic rings. The molecular weight excluding hydrogens is 276 g/mol. The van der Waals surface area contributed by atoms with Crippen molar-refractivity contribution in [1.29, 1.82) is 0 Å². The number of carbonyl (C=O) groups excluding carboxylic acids is 1. The highest BCUT2D eigenvalue weighted by Crippen LogP contribution is 2.23. The van der Waals surface area contributed by atoms with Gasteiger partial charge in [-0.1, -0.05) is 33.1 Å². The van der Waals surface area contributed by atoms with Gasteiger partial charge in [0.25, 0.3) is 0 Å². The predicted octanol–water partition coefficient (Wildman–Crippen LogP) is 1.53. The maximum Gasteiger partial charge on any atom is 0.315 e. The minimum absolute atomic E-state index is 0.00662. The minimum Gasteiger partial charge on any atom is -0.391 e. The Kier molecular flexibility index (Phi) is 8.14. The van der Waals surface area contributed by atoms with Crippen LogP contribution in [0.4, 0.5) is 4.79 Å². The van der Waals surface area contributed by atoms with Crippen LogP contribution in [-0.4, -0.2) is 45.0 Å². The molecule has 20 heavy (non-hydrogen) atoms. The Hall–Kier alpha value is -0.620. The largest absolute Gasteiger partial charge is 0.391 e. The smallest absolute Gasteiger partial charge is 0.315 e. The SMILES string of the molecule is CCCC(O)CNC(=O)NC1CCCCC1S(=O)CC. The van der Waals surface area contributed by atoms with E-state index in [1.165, 1.54) is 0 Å². The number of nitrogens with one attached hydrogen (secondary N) is 2. The van der Waals surface area contributed by atoms with Crippen LogP contribution in [0.15, 0.2) is 0 Å². The summed E-state index contributed by atoms with van der Waals surface area (Å²) in [6, 6.07) is -0.266. The summed E-state index contributed by atoms with van der Waals surface area (Å²) in [6.45, 7) is 4.19. The van der Waals surface area contributed by atoms with E-state index in [1.807, 2.05) is 13.8 Å². The summed E-state index contributed by atoms with van der Waals surface area (Å²) in [7, 11) is -0.868. The van der Waals surface area contributed by atoms with Gasteiger partial charge >= 0.3 is 6.03 Å². The molecular formula is C14H28N2O3S. The van der Waals surface area contributed by atoms with Crippen LogP contribution in [0.5, 0.6) is 0 Å². The zero-order valence-electron chi connectivity index (χ0n) is 12.6. The summed E-state index contributed by atoms with van der Waals surface area (Å²) >= 11 is 0. The lowest BCUT2D eigenvalue weighted by Crippen LogP contribution is -2.51. The third kappa shape index (κ3) is 5.79. The standard InChI is InChI=1S/C14H28N2O3S/c1-3-7-11(17)10-15-14(18)16-12-8-5-6-9-13(12)20(19)4-2/h11-13,17H,3-10H2,1-2H3,(H2,15,16,18). The maximum atomic E-state index is 12.0. The van der Waals surface area contributed by atoms with Crippen LogP contribution in [-0.2, 0) is 10.8 Å². The number of rotatable bonds is 7. The predicted molar refractivity (Wildman–Crippen MR) is 82.2 cm³/mol. The lowest BCUT2D eigenvalue weighted by atomic mass is 9.95. The zero-order valence-corrected chi connectivity index (χ0v) is 13.4. The van der Waals surface area contributed by atoms with Crippen molar-refractivity contribution in [3.05, 3.63) is 0 Å². The van der Waals surface area contributed by atoms with Crippen molar-refractivity contribution < 1.29 is 14.1 Å². The van der Waals surface area contributed by atoms with Gasteiger partial charge in [-0.05, 0) is 19.3 Å². The molecule has 4 unspecified atom stereocenters. The molecule has 0 bridgehead atoms. The van der Waals surface area contributed by atoms with E-state index in [-0.39, 0.29) is 23.9 Å². The van der Waals surface area contributed by atoms with Crippen molar-refractivity contribution in [3.63, 3.8) is 0 Å². The molecule has 0 radical (unpaired) electrons. The normalized spacial score (nSPS) is 25.8. The fourth-order valence-corrected chi connectivity index (χ4v) is 4.08. The van der Waals surface area contributed by atoms with E-state index in [0.717, 1.165) is 32.1 Å². The number of hydrogen-bond acceptors (Lipinski definition) is 3. The number of carbonyl (C=O) groups is 1. The molecule has 3 N–H and O–H groups in total. The van der Waals surface area contributed by atoms with Gasteiger partial charge in [0.2, 0.25) is 0 Å². The number of aliphatic hydroxyl groups excluding tert-OH is 1. The Morgan fingerprint density at radius 3 is 2.70 bits per heavy atom. The molecule has 5 nitrogen and oxygen atoms in total. The fraction of sp³-hybridized carbons (Fsp3) is 0.929. The molecule has 1 aliphatic rings. The van der Waals surface area contributed by atoms with Gasteiger partial charge in [0, 0.05) is 29.1 Å². The van der Waals surface area contributed by atoms with Crippen LogP contribution in [0.3, 0.4) is 0 Å². The lowest BCUT2D eigenvalue weighted by Gasteiger charge is -2.31. The van der Waals surface area contributed by atoms with Gasteiger partial charge < -0.3 is 15.7 Å². The molecule has 0 spiro atoms. The van der Waals surface area contributed by atoms with Crippen molar-refractivity contribution in [2.24, 2.45) is 0 Å². The summed E-state index contributed by atoms with van der Waals surface area (Å²) in [5.74, 6) is 0.639. The Bertz CT molecular complexity index is 326. The average Bonchev–Trinajstić information content (AvgIpc) is 2.45. The molecule has 0 saturated heterocycles. The molecule has 0 heterocycles. The van der Waals surface area contributed by atoms with Crippen molar-refractivity contribution in [2.45, 2.75) is 69.8 Å². The zero-order chi connectivity index (χ0) is 15.0. The lowest BCUT2D eigenvalue weighted by molar-refractivity contribution is 0.159. The quantitative estimate of drug-likeness (QED) is 0.667. The highest BCUT2D eigenvalue weighted by molar-refractivity contribution is 7.85. The Morgan fingerprint density at radius 1 is 1.35 bits per heavy atom. The molecule has 1 saturated carbocycles. The summed E-state index contributed by atoms with van der Waals surface area (Å²) in [4.78, 5) is 11.8. The van der Waals surface area contributed by atoms with E-state index in [0.29, 0.717) is 12.2 Å². The third-order valence-electron chi connectivity index (χ3n) is 3.76. The van der Waals surface area contributed by atoms with Gasteiger partial charge in [0.15, 0.2) is 0 Å². The molecule has 1 fully saturated rings. The number of hydrogen-bond donors (Lipinski definition) is 3. The van der Waals surface area contributed by atoms with Gasteiger partial charge in [-0.25, -0.2) is 4.79 Å². The molecule has 0 aromatic heterocycles. The number of urea groups is 1. The van der Waals surface area contributed by atoms with Crippen LogP contribution < -0.4 is 10.6 Å². The van der Waals surface area contributed by atoms with E-state index in [2.05, 4.69) is 10.6 Å². The van der Waals surface area contributed by atoms with Crippen LogP contribution in [0.1, 0.15) is 52.4 Å². The first kappa shape index (κ1) is 17.4. The fourth-order valence-electron chi connectivity index (χ4n) is 2.66. The Morgan fingerprint density at radius 2 is 2.05 bits per heavy atom. The molecule has 2 amide bonds. The highest BCUT2D eigenvalue weighted by atomic mass is 32.2. The molecule has 1 aliphatic carbocycles. The van der Waals surface area contributed by atoms with Crippen molar-refractivity contribution in [1.82, 2.24) is 10.6 Å². The Labute approximate surface area is 124 Å². The second-order valence-corrected chi connectivity index (χ2v) is 7.34. The van der Waals surface area contributed by atoms with E-state index >= 15 is 0 Å². The number of aliphatic hydroxyl groups is 1. The molecule has 0 aliphatic heterocycles. The van der Waals surface area contributed by atoms with E-state index in [9.17, 15) is 14.1 Å². The molecule has 4 atom stereocenters. The summed E-state index contributed by atoms with van der Waals surface area (Å²) < 4.78 is 12.0. The highest BCUT2D eigenvalue weighted by Gasteiger charge is 2.30. The van der Waals surface area contributed by atoms with Crippen molar-refractivity contribution in [3.8, 4) is 0 Å². The van der Waals surface area contributed by atoms with E-state index in [4.69, 9.17) is 0 Å². The topological polar surface area (TPSA) is 78.4 Å². The monoisotopic (exact) mass is 304 g/mol. The summed E-state index contributed by atoms with van der Waals surface area (Å²) in [6.07, 6.45) is 5.06. The van der Waals surface area contributed by atoms with Gasteiger partial charge in [-0.3, -0.25) is 4.21 Å². The van der Waals surface area contributed by atoms with Gasteiger partial charge in [-0.2, -0.15) is 0 Å². The minimum atomic E-state index is -0.868. The molecule has 1 rings (SSSR count). The van der Waals surface area contributed by atoms with Gasteiger partial charge in [0.1, 0.15) is 0 Å². The summed E-state index contributed by atoms with van der Waals surface area (Å²) in [5, 5.41) is 15.3. The third-order valence-corrected chi connectivity index (χ3v) is 5.57. The first-order valence-electron chi connectivity index (χ1n) is 7.68. The Balaban J connectivity index is 2.40. The molecule has 118 valence electrons. The van der Waals surface area contributed by atoms with Gasteiger partial charge in [0.05, 0.1) is 11.4 Å². The second kappa shape index (κ2) is 9.34. The van der Waals surface area contributed by atoms with Crippen molar-refractivity contribution in [2.75, 3.05) is 12.3 Å². The first-order valence-corrected chi connectivity index (χ1v) is 9.06. The summed E-state index contributed by atoms with van der Waals surface area (Å²) in [5.41, 5.74) is 0. The van der Waals surface area contributed by atoms with E-state index < -0.39 is 16.9 Å². The van der Waals surface area contributed by atoms with Crippen LogP contribution in [0.25, 0.3) is 0 Å². The van der Waals surface area contributed by atoms with Crippen LogP contribution in [0.2, 0.25) is 0 Å². The first-order chi connectivity index (χ1) is 9.58. The number of amides is 2. The maximum absolute atomic E-state index is 12.0. The second-order valence-electron chi connectivity index (χ2n) is 5.40. The molecule has 0 aromatic carbocycles. The van der Waals surface area contributed by atoms with Crippen LogP contribution in [0, 0.1) is 0 Å². The van der Waals surface area contributed by atoms with Gasteiger partial charge in [-0.15, -0.1) is 0 Å². The van der Waals surface area contributed by atoms with E-state index in [1.54, 1.807) is 0 Å².